The fourth-order valence-corrected chi connectivity index (χ4v) is 3.86. The quantitative estimate of drug-likeness (QED) is 0.855. The van der Waals surface area contributed by atoms with Crippen LogP contribution in [0.2, 0.25) is 0 Å². The van der Waals surface area contributed by atoms with E-state index in [0.29, 0.717) is 12.1 Å². The van der Waals surface area contributed by atoms with Gasteiger partial charge in [0.25, 0.3) is 0 Å². The number of fused-ring (bicyclic) bond motifs is 1. The average molecular weight is 300 g/mol. The van der Waals surface area contributed by atoms with E-state index in [1.54, 1.807) is 0 Å². The van der Waals surface area contributed by atoms with Gasteiger partial charge in [0.2, 0.25) is 0 Å². The summed E-state index contributed by atoms with van der Waals surface area (Å²) >= 11 is 0. The van der Waals surface area contributed by atoms with Gasteiger partial charge in [-0.15, -0.1) is 0 Å². The van der Waals surface area contributed by atoms with E-state index in [1.807, 2.05) is 12.3 Å². The molecule has 4 rings (SSSR count). The summed E-state index contributed by atoms with van der Waals surface area (Å²) in [5.74, 6) is 1.57. The van der Waals surface area contributed by atoms with E-state index in [9.17, 15) is 0 Å². The van der Waals surface area contributed by atoms with Crippen molar-refractivity contribution in [3.05, 3.63) is 24.2 Å². The van der Waals surface area contributed by atoms with Crippen LogP contribution in [-0.2, 0) is 4.74 Å². The third-order valence-corrected chi connectivity index (χ3v) is 5.03. The summed E-state index contributed by atoms with van der Waals surface area (Å²) in [4.78, 5) is 12.0. The second kappa shape index (κ2) is 5.97. The third-order valence-electron chi connectivity index (χ3n) is 5.03. The minimum absolute atomic E-state index is 0.380. The largest absolute Gasteiger partial charge is 0.381 e. The summed E-state index contributed by atoms with van der Waals surface area (Å²) in [6.07, 6.45) is 8.30. The highest BCUT2D eigenvalue weighted by atomic mass is 16.5. The van der Waals surface area contributed by atoms with Crippen LogP contribution in [0.1, 0.15) is 50.0 Å². The maximum absolute atomic E-state index is 5.71. The second-order valence-electron chi connectivity index (χ2n) is 6.56. The molecule has 2 aliphatic heterocycles. The Labute approximate surface area is 131 Å². The lowest BCUT2D eigenvalue weighted by molar-refractivity contribution is 0.0713. The molecule has 2 aromatic rings. The fourth-order valence-electron chi connectivity index (χ4n) is 3.86. The molecule has 22 heavy (non-hydrogen) atoms. The first-order chi connectivity index (χ1) is 10.8. The molecule has 2 fully saturated rings. The van der Waals surface area contributed by atoms with Gasteiger partial charge in [0.15, 0.2) is 5.65 Å². The van der Waals surface area contributed by atoms with Crippen molar-refractivity contribution in [3.8, 4) is 0 Å². The summed E-state index contributed by atoms with van der Waals surface area (Å²) in [6.45, 7) is 2.83. The van der Waals surface area contributed by atoms with E-state index in [4.69, 9.17) is 9.72 Å². The predicted molar refractivity (Wildman–Crippen MR) is 85.8 cm³/mol. The van der Waals surface area contributed by atoms with Gasteiger partial charge in [-0.1, -0.05) is 0 Å². The molecular weight excluding hydrogens is 276 g/mol. The van der Waals surface area contributed by atoms with Crippen LogP contribution in [-0.4, -0.2) is 46.2 Å². The number of hydrogen-bond donors (Lipinski definition) is 0. The Morgan fingerprint density at radius 2 is 2.18 bits per heavy atom. The maximum atomic E-state index is 5.71. The molecule has 2 unspecified atom stereocenters. The van der Waals surface area contributed by atoms with E-state index in [-0.39, 0.29) is 0 Å². The van der Waals surface area contributed by atoms with Crippen LogP contribution in [0.25, 0.3) is 11.2 Å². The lowest BCUT2D eigenvalue weighted by Gasteiger charge is -2.35. The van der Waals surface area contributed by atoms with Crippen molar-refractivity contribution in [1.82, 2.24) is 19.4 Å². The van der Waals surface area contributed by atoms with E-state index in [1.165, 1.54) is 31.5 Å². The molecule has 0 radical (unpaired) electrons. The third kappa shape index (κ3) is 2.42. The van der Waals surface area contributed by atoms with Gasteiger partial charge in [0, 0.05) is 18.7 Å². The number of likely N-dealkylation sites (tertiary alicyclic amines) is 1. The Bertz CT molecular complexity index is 647. The van der Waals surface area contributed by atoms with E-state index < -0.39 is 0 Å². The van der Waals surface area contributed by atoms with E-state index in [0.717, 1.165) is 37.3 Å². The average Bonchev–Trinajstić information content (AvgIpc) is 2.95. The molecule has 0 spiro atoms. The molecule has 0 aromatic carbocycles. The number of piperidine rings is 1. The van der Waals surface area contributed by atoms with E-state index >= 15 is 0 Å². The van der Waals surface area contributed by atoms with Crippen molar-refractivity contribution >= 4 is 11.2 Å². The number of aromatic nitrogens is 3. The van der Waals surface area contributed by atoms with Crippen LogP contribution < -0.4 is 0 Å². The summed E-state index contributed by atoms with van der Waals surface area (Å²) in [6, 6.07) is 4.06. The van der Waals surface area contributed by atoms with Crippen LogP contribution in [0.4, 0.5) is 0 Å². The Morgan fingerprint density at radius 1 is 1.23 bits per heavy atom. The monoisotopic (exact) mass is 300 g/mol. The lowest BCUT2D eigenvalue weighted by atomic mass is 10.0. The summed E-state index contributed by atoms with van der Waals surface area (Å²) in [7, 11) is 2.22. The Kier molecular flexibility index (Phi) is 3.84. The number of nitrogens with zero attached hydrogens (tertiary/aromatic N) is 4. The van der Waals surface area contributed by atoms with Gasteiger partial charge in [0.05, 0.1) is 12.8 Å². The van der Waals surface area contributed by atoms with Gasteiger partial charge < -0.3 is 4.74 Å². The van der Waals surface area contributed by atoms with Crippen molar-refractivity contribution < 1.29 is 4.74 Å². The van der Waals surface area contributed by atoms with Crippen molar-refractivity contribution in [2.24, 2.45) is 0 Å². The predicted octanol–water partition coefficient (Wildman–Crippen LogP) is 2.94. The number of hydrogen-bond acceptors (Lipinski definition) is 4. The molecule has 2 saturated heterocycles. The molecule has 2 atom stereocenters. The Morgan fingerprint density at radius 3 is 3.00 bits per heavy atom. The fraction of sp³-hybridized carbons (Fsp3) is 0.647. The molecule has 2 aromatic heterocycles. The van der Waals surface area contributed by atoms with Crippen molar-refractivity contribution in [1.29, 1.82) is 0 Å². The number of imidazole rings is 1. The zero-order chi connectivity index (χ0) is 14.9. The van der Waals surface area contributed by atoms with Crippen LogP contribution in [0, 0.1) is 0 Å². The maximum Gasteiger partial charge on any atom is 0.161 e. The zero-order valence-electron chi connectivity index (χ0n) is 13.2. The minimum Gasteiger partial charge on any atom is -0.381 e. The molecular formula is C17H24N4O. The smallest absolute Gasteiger partial charge is 0.161 e. The van der Waals surface area contributed by atoms with Gasteiger partial charge in [-0.25, -0.2) is 9.97 Å². The van der Waals surface area contributed by atoms with Crippen LogP contribution >= 0.6 is 0 Å². The molecule has 118 valence electrons. The molecule has 0 amide bonds. The highest BCUT2D eigenvalue weighted by Gasteiger charge is 2.30. The lowest BCUT2D eigenvalue weighted by Crippen LogP contribution is -2.35. The number of ether oxygens (including phenoxy) is 1. The van der Waals surface area contributed by atoms with Crippen LogP contribution in [0.3, 0.4) is 0 Å². The number of rotatable bonds is 2. The standard InChI is InChI=1S/C17H24N4O/c1-20-10-3-2-8-15(20)21-16(13-6-5-11-22-12-13)19-14-7-4-9-18-17(14)21/h4,7,9,13,15H,2-3,5-6,8,10-12H2,1H3. The van der Waals surface area contributed by atoms with Gasteiger partial charge in [-0.05, 0) is 57.8 Å². The summed E-state index contributed by atoms with van der Waals surface area (Å²) in [5, 5.41) is 0. The molecule has 0 saturated carbocycles. The van der Waals surface area contributed by atoms with E-state index in [2.05, 4.69) is 27.6 Å². The molecule has 4 heterocycles. The number of pyridine rings is 1. The highest BCUT2D eigenvalue weighted by Crippen LogP contribution is 2.34. The first-order valence-corrected chi connectivity index (χ1v) is 8.45. The summed E-state index contributed by atoms with van der Waals surface area (Å²) < 4.78 is 8.11. The molecule has 2 aliphatic rings. The van der Waals surface area contributed by atoms with Crippen LogP contribution in [0.5, 0.6) is 0 Å². The highest BCUT2D eigenvalue weighted by molar-refractivity contribution is 5.71. The molecule has 0 bridgehead atoms. The molecule has 5 heteroatoms. The van der Waals surface area contributed by atoms with Gasteiger partial charge in [-0.2, -0.15) is 0 Å². The topological polar surface area (TPSA) is 43.2 Å². The normalized spacial score (nSPS) is 27.3. The first-order valence-electron chi connectivity index (χ1n) is 8.45. The minimum atomic E-state index is 0.380. The SMILES string of the molecule is CN1CCCCC1n1c(C2CCCOC2)nc2cccnc21. The Hall–Kier alpha value is -1.46. The van der Waals surface area contributed by atoms with Gasteiger partial charge in [0.1, 0.15) is 11.3 Å². The molecule has 0 aliphatic carbocycles. The van der Waals surface area contributed by atoms with Gasteiger partial charge in [-0.3, -0.25) is 9.47 Å². The summed E-state index contributed by atoms with van der Waals surface area (Å²) in [5.41, 5.74) is 2.05. The van der Waals surface area contributed by atoms with Gasteiger partial charge >= 0.3 is 0 Å². The molecule has 0 N–H and O–H groups in total. The van der Waals surface area contributed by atoms with Crippen molar-refractivity contribution in [2.75, 3.05) is 26.8 Å². The van der Waals surface area contributed by atoms with Crippen LogP contribution in [0.15, 0.2) is 18.3 Å². The molecule has 5 nitrogen and oxygen atoms in total. The first kappa shape index (κ1) is 14.2. The van der Waals surface area contributed by atoms with Crippen molar-refractivity contribution in [3.63, 3.8) is 0 Å². The second-order valence-corrected chi connectivity index (χ2v) is 6.56. The zero-order valence-corrected chi connectivity index (χ0v) is 13.2. The Balaban J connectivity index is 1.82. The van der Waals surface area contributed by atoms with Crippen molar-refractivity contribution in [2.45, 2.75) is 44.2 Å².